The predicted octanol–water partition coefficient (Wildman–Crippen LogP) is 2.53. The second-order valence-electron chi connectivity index (χ2n) is 4.89. The Morgan fingerprint density at radius 2 is 2.10 bits per heavy atom. The SMILES string of the molecule is COc1cc(N)cc(Sc2nnnn2C2CCCC2)c1. The fraction of sp³-hybridized carbons (Fsp3) is 0.462. The van der Waals surface area contributed by atoms with Crippen molar-refractivity contribution in [3.63, 3.8) is 0 Å². The van der Waals surface area contributed by atoms with Gasteiger partial charge in [0.25, 0.3) is 0 Å². The number of methoxy groups -OCH3 is 1. The van der Waals surface area contributed by atoms with Crippen LogP contribution in [-0.2, 0) is 0 Å². The highest BCUT2D eigenvalue weighted by Crippen LogP contribution is 2.35. The molecule has 1 aromatic carbocycles. The van der Waals surface area contributed by atoms with Crippen molar-refractivity contribution in [2.24, 2.45) is 0 Å². The van der Waals surface area contributed by atoms with E-state index in [4.69, 9.17) is 10.5 Å². The minimum atomic E-state index is 0.426. The average molecular weight is 291 g/mol. The zero-order valence-electron chi connectivity index (χ0n) is 11.3. The molecule has 3 rings (SSSR count). The van der Waals surface area contributed by atoms with Crippen LogP contribution in [-0.4, -0.2) is 27.3 Å². The van der Waals surface area contributed by atoms with Crippen LogP contribution in [0.3, 0.4) is 0 Å². The van der Waals surface area contributed by atoms with E-state index < -0.39 is 0 Å². The second kappa shape index (κ2) is 5.70. The second-order valence-corrected chi connectivity index (χ2v) is 5.93. The zero-order valence-corrected chi connectivity index (χ0v) is 12.1. The van der Waals surface area contributed by atoms with Gasteiger partial charge in [-0.3, -0.25) is 0 Å². The van der Waals surface area contributed by atoms with Crippen LogP contribution < -0.4 is 10.5 Å². The molecular formula is C13H17N5OS. The molecule has 2 N–H and O–H groups in total. The number of nitrogens with zero attached hydrogens (tertiary/aromatic N) is 4. The van der Waals surface area contributed by atoms with E-state index in [9.17, 15) is 0 Å². The molecule has 0 aliphatic heterocycles. The Bertz CT molecular complexity index is 594. The third kappa shape index (κ3) is 2.72. The molecule has 1 aliphatic carbocycles. The zero-order chi connectivity index (χ0) is 13.9. The number of ether oxygens (including phenoxy) is 1. The molecule has 0 unspecified atom stereocenters. The van der Waals surface area contributed by atoms with Crippen LogP contribution in [0.5, 0.6) is 5.75 Å². The number of rotatable bonds is 4. The van der Waals surface area contributed by atoms with E-state index in [1.165, 1.54) is 24.6 Å². The van der Waals surface area contributed by atoms with Gasteiger partial charge >= 0.3 is 0 Å². The Kier molecular flexibility index (Phi) is 3.77. The third-order valence-corrected chi connectivity index (χ3v) is 4.40. The van der Waals surface area contributed by atoms with Crippen LogP contribution in [0.4, 0.5) is 5.69 Å². The highest BCUT2D eigenvalue weighted by molar-refractivity contribution is 7.99. The first-order valence-electron chi connectivity index (χ1n) is 6.66. The Labute approximate surface area is 121 Å². The molecule has 0 bridgehead atoms. The molecule has 7 heteroatoms. The van der Waals surface area contributed by atoms with Crippen molar-refractivity contribution in [1.29, 1.82) is 0 Å². The van der Waals surface area contributed by atoms with Crippen molar-refractivity contribution in [3.05, 3.63) is 18.2 Å². The third-order valence-electron chi connectivity index (χ3n) is 3.48. The highest BCUT2D eigenvalue weighted by Gasteiger charge is 2.22. The van der Waals surface area contributed by atoms with Crippen LogP contribution in [0.1, 0.15) is 31.7 Å². The Hall–Kier alpha value is -1.76. The summed E-state index contributed by atoms with van der Waals surface area (Å²) in [7, 11) is 1.63. The molecule has 0 atom stereocenters. The van der Waals surface area contributed by atoms with Gasteiger partial charge in [-0.1, -0.05) is 12.8 Å². The van der Waals surface area contributed by atoms with Crippen LogP contribution in [0.2, 0.25) is 0 Å². The lowest BCUT2D eigenvalue weighted by molar-refractivity contribution is 0.414. The summed E-state index contributed by atoms with van der Waals surface area (Å²) < 4.78 is 7.17. The molecule has 1 aromatic heterocycles. The van der Waals surface area contributed by atoms with Crippen LogP contribution in [0, 0.1) is 0 Å². The van der Waals surface area contributed by atoms with Gasteiger partial charge in [0, 0.05) is 16.6 Å². The van der Waals surface area contributed by atoms with E-state index in [1.54, 1.807) is 13.2 Å². The molecule has 1 fully saturated rings. The largest absolute Gasteiger partial charge is 0.497 e. The van der Waals surface area contributed by atoms with E-state index in [0.29, 0.717) is 11.7 Å². The summed E-state index contributed by atoms with van der Waals surface area (Å²) in [6, 6.07) is 6.06. The predicted molar refractivity (Wildman–Crippen MR) is 76.9 cm³/mol. The quantitative estimate of drug-likeness (QED) is 0.872. The summed E-state index contributed by atoms with van der Waals surface area (Å²) in [6.07, 6.45) is 4.80. The number of aromatic nitrogens is 4. The number of hydrogen-bond acceptors (Lipinski definition) is 6. The monoisotopic (exact) mass is 291 g/mol. The lowest BCUT2D eigenvalue weighted by Gasteiger charge is -2.11. The van der Waals surface area contributed by atoms with Gasteiger partial charge in [0.2, 0.25) is 5.16 Å². The standard InChI is InChI=1S/C13H17N5OS/c1-19-11-6-9(14)7-12(8-11)20-13-15-16-17-18(13)10-4-2-3-5-10/h6-8,10H,2-5,14H2,1H3. The maximum atomic E-state index is 5.87. The number of nitrogen functional groups attached to an aromatic ring is 1. The minimum Gasteiger partial charge on any atom is -0.497 e. The molecule has 1 aliphatic rings. The lowest BCUT2D eigenvalue weighted by Crippen LogP contribution is -2.08. The molecular weight excluding hydrogens is 274 g/mol. The summed E-state index contributed by atoms with van der Waals surface area (Å²) in [4.78, 5) is 0.982. The maximum absolute atomic E-state index is 5.87. The van der Waals surface area contributed by atoms with Gasteiger partial charge in [0.1, 0.15) is 5.75 Å². The molecule has 0 saturated heterocycles. The van der Waals surface area contributed by atoms with Gasteiger partial charge in [0.05, 0.1) is 13.2 Å². The molecule has 2 aromatic rings. The van der Waals surface area contributed by atoms with Gasteiger partial charge in [-0.15, -0.1) is 5.10 Å². The van der Waals surface area contributed by atoms with Crippen molar-refractivity contribution < 1.29 is 4.74 Å². The molecule has 0 spiro atoms. The number of nitrogens with two attached hydrogens (primary N) is 1. The fourth-order valence-corrected chi connectivity index (χ4v) is 3.44. The maximum Gasteiger partial charge on any atom is 0.214 e. The number of hydrogen-bond donors (Lipinski definition) is 1. The van der Waals surface area contributed by atoms with E-state index in [-0.39, 0.29) is 0 Å². The normalized spacial score (nSPS) is 15.7. The summed E-state index contributed by atoms with van der Waals surface area (Å²) in [6.45, 7) is 0. The van der Waals surface area contributed by atoms with E-state index in [1.807, 2.05) is 16.8 Å². The molecule has 6 nitrogen and oxygen atoms in total. The van der Waals surface area contributed by atoms with Crippen molar-refractivity contribution in [3.8, 4) is 5.75 Å². The fourth-order valence-electron chi connectivity index (χ4n) is 2.51. The van der Waals surface area contributed by atoms with Gasteiger partial charge in [-0.05, 0) is 47.2 Å². The van der Waals surface area contributed by atoms with Crippen molar-refractivity contribution >= 4 is 17.4 Å². The molecule has 106 valence electrons. The Morgan fingerprint density at radius 3 is 2.85 bits per heavy atom. The van der Waals surface area contributed by atoms with E-state index in [2.05, 4.69) is 15.5 Å². The van der Waals surface area contributed by atoms with Crippen molar-refractivity contribution in [1.82, 2.24) is 20.2 Å². The number of benzene rings is 1. The first-order chi connectivity index (χ1) is 9.76. The van der Waals surface area contributed by atoms with Gasteiger partial charge in [-0.2, -0.15) is 0 Å². The van der Waals surface area contributed by atoms with E-state index in [0.717, 1.165) is 28.6 Å². The van der Waals surface area contributed by atoms with Crippen molar-refractivity contribution in [2.75, 3.05) is 12.8 Å². The molecule has 0 radical (unpaired) electrons. The molecule has 1 heterocycles. The number of tetrazole rings is 1. The van der Waals surface area contributed by atoms with Crippen molar-refractivity contribution in [2.45, 2.75) is 41.8 Å². The summed E-state index contributed by atoms with van der Waals surface area (Å²) in [5, 5.41) is 12.9. The topological polar surface area (TPSA) is 78.8 Å². The first kappa shape index (κ1) is 13.2. The Morgan fingerprint density at radius 1 is 1.30 bits per heavy atom. The molecule has 0 amide bonds. The summed E-state index contributed by atoms with van der Waals surface area (Å²) >= 11 is 1.52. The summed E-state index contributed by atoms with van der Waals surface area (Å²) in [5.41, 5.74) is 6.55. The minimum absolute atomic E-state index is 0.426. The van der Waals surface area contributed by atoms with Crippen LogP contribution >= 0.6 is 11.8 Å². The summed E-state index contributed by atoms with van der Waals surface area (Å²) in [5.74, 6) is 0.743. The van der Waals surface area contributed by atoms with Gasteiger partial charge in [0.15, 0.2) is 0 Å². The van der Waals surface area contributed by atoms with Crippen LogP contribution in [0.25, 0.3) is 0 Å². The van der Waals surface area contributed by atoms with Gasteiger partial charge in [-0.25, -0.2) is 4.68 Å². The number of anilines is 1. The molecule has 20 heavy (non-hydrogen) atoms. The molecule has 1 saturated carbocycles. The highest BCUT2D eigenvalue weighted by atomic mass is 32.2. The first-order valence-corrected chi connectivity index (χ1v) is 7.48. The average Bonchev–Trinajstić information content (AvgIpc) is 3.08. The Balaban J connectivity index is 1.84. The smallest absolute Gasteiger partial charge is 0.214 e. The van der Waals surface area contributed by atoms with Crippen LogP contribution in [0.15, 0.2) is 28.3 Å². The lowest BCUT2D eigenvalue weighted by atomic mass is 10.3. The van der Waals surface area contributed by atoms with E-state index >= 15 is 0 Å². The van der Waals surface area contributed by atoms with Gasteiger partial charge < -0.3 is 10.5 Å².